The SMILES string of the molecule is COC(=O)CNc1c(-c2ccc(N(C)C)cc2)nc2cc(C(=O)NC(CC(=O)O)c3ccc(C)cc3)ccn12. The number of hydrogen-bond donors (Lipinski definition) is 3. The number of esters is 1. The van der Waals surface area contributed by atoms with Gasteiger partial charge in [0, 0.05) is 37.1 Å². The van der Waals surface area contributed by atoms with Gasteiger partial charge in [0.2, 0.25) is 0 Å². The summed E-state index contributed by atoms with van der Waals surface area (Å²) in [7, 11) is 5.23. The molecule has 2 aromatic carbocycles. The summed E-state index contributed by atoms with van der Waals surface area (Å²) in [5.41, 5.74) is 4.99. The number of anilines is 2. The number of rotatable bonds is 10. The second-order valence-electron chi connectivity index (χ2n) is 9.36. The number of carbonyl (C=O) groups is 3. The number of amides is 1. The van der Waals surface area contributed by atoms with E-state index in [2.05, 4.69) is 10.6 Å². The molecule has 1 unspecified atom stereocenters. The first kappa shape index (κ1) is 27.2. The van der Waals surface area contributed by atoms with Crippen LogP contribution >= 0.6 is 0 Å². The van der Waals surface area contributed by atoms with Gasteiger partial charge in [0.05, 0.1) is 19.6 Å². The Bertz CT molecular complexity index is 1490. The van der Waals surface area contributed by atoms with E-state index >= 15 is 0 Å². The van der Waals surface area contributed by atoms with Crippen molar-refractivity contribution in [3.8, 4) is 11.3 Å². The van der Waals surface area contributed by atoms with Gasteiger partial charge in [-0.2, -0.15) is 0 Å². The molecule has 0 fully saturated rings. The van der Waals surface area contributed by atoms with Crippen LogP contribution in [0.15, 0.2) is 66.9 Å². The van der Waals surface area contributed by atoms with E-state index < -0.39 is 23.9 Å². The number of carbonyl (C=O) groups excluding carboxylic acids is 2. The van der Waals surface area contributed by atoms with Gasteiger partial charge in [-0.1, -0.05) is 42.0 Å². The van der Waals surface area contributed by atoms with Crippen molar-refractivity contribution >= 4 is 35.0 Å². The standard InChI is InChI=1S/C29H31N5O5/c1-18-5-7-19(8-6-18)23(16-25(35)36)31-29(38)21-13-14-34-24(15-21)32-27(28(34)30-17-26(37)39-4)20-9-11-22(12-10-20)33(2)3/h5-15,23,30H,16-17H2,1-4H3,(H,31,38)(H,35,36). The van der Waals surface area contributed by atoms with Crippen molar-refractivity contribution in [2.45, 2.75) is 19.4 Å². The van der Waals surface area contributed by atoms with E-state index in [0.29, 0.717) is 28.3 Å². The van der Waals surface area contributed by atoms with Crippen molar-refractivity contribution in [2.75, 3.05) is 38.0 Å². The van der Waals surface area contributed by atoms with Gasteiger partial charge in [0.1, 0.15) is 23.7 Å². The maximum absolute atomic E-state index is 13.2. The molecule has 0 aliphatic carbocycles. The topological polar surface area (TPSA) is 125 Å². The highest BCUT2D eigenvalue weighted by molar-refractivity contribution is 5.96. The van der Waals surface area contributed by atoms with Crippen LogP contribution in [-0.4, -0.2) is 60.1 Å². The number of aliphatic carboxylic acids is 1. The summed E-state index contributed by atoms with van der Waals surface area (Å²) in [6.07, 6.45) is 1.43. The molecule has 0 spiro atoms. The number of methoxy groups -OCH3 is 1. The van der Waals surface area contributed by atoms with Crippen molar-refractivity contribution in [2.24, 2.45) is 0 Å². The summed E-state index contributed by atoms with van der Waals surface area (Å²) < 4.78 is 6.53. The van der Waals surface area contributed by atoms with Crippen LogP contribution in [-0.2, 0) is 14.3 Å². The highest BCUT2D eigenvalue weighted by atomic mass is 16.5. The van der Waals surface area contributed by atoms with Crippen LogP contribution in [0.2, 0.25) is 0 Å². The fourth-order valence-electron chi connectivity index (χ4n) is 4.17. The number of carboxylic acid groups (broad SMARTS) is 1. The van der Waals surface area contributed by atoms with Gasteiger partial charge >= 0.3 is 11.9 Å². The third-order valence-electron chi connectivity index (χ3n) is 6.34. The number of nitrogens with zero attached hydrogens (tertiary/aromatic N) is 3. The molecule has 0 aliphatic heterocycles. The molecule has 0 saturated heterocycles. The largest absolute Gasteiger partial charge is 0.481 e. The second kappa shape index (κ2) is 11.7. The molecular weight excluding hydrogens is 498 g/mol. The third-order valence-corrected chi connectivity index (χ3v) is 6.34. The molecule has 0 radical (unpaired) electrons. The Morgan fingerprint density at radius 2 is 1.74 bits per heavy atom. The van der Waals surface area contributed by atoms with E-state index in [-0.39, 0.29) is 13.0 Å². The number of ether oxygens (including phenoxy) is 1. The van der Waals surface area contributed by atoms with Gasteiger partial charge in [-0.3, -0.25) is 18.8 Å². The van der Waals surface area contributed by atoms with Gasteiger partial charge in [-0.15, -0.1) is 0 Å². The number of aromatic nitrogens is 2. The molecule has 1 atom stereocenters. The minimum absolute atomic E-state index is 0.0667. The van der Waals surface area contributed by atoms with E-state index in [1.807, 2.05) is 74.4 Å². The Labute approximate surface area is 226 Å². The smallest absolute Gasteiger partial charge is 0.325 e. The summed E-state index contributed by atoms with van der Waals surface area (Å²) >= 11 is 0. The zero-order valence-electron chi connectivity index (χ0n) is 22.3. The van der Waals surface area contributed by atoms with Crippen molar-refractivity contribution in [3.63, 3.8) is 0 Å². The molecule has 0 aliphatic rings. The molecule has 0 saturated carbocycles. The van der Waals surface area contributed by atoms with Crippen LogP contribution in [0.4, 0.5) is 11.5 Å². The predicted molar refractivity (Wildman–Crippen MR) is 149 cm³/mol. The number of pyridine rings is 1. The Balaban J connectivity index is 1.68. The van der Waals surface area contributed by atoms with Crippen LogP contribution in [0.3, 0.4) is 0 Å². The summed E-state index contributed by atoms with van der Waals surface area (Å²) in [4.78, 5) is 43.3. The fraction of sp³-hybridized carbons (Fsp3) is 0.241. The molecule has 10 heteroatoms. The van der Waals surface area contributed by atoms with E-state index in [9.17, 15) is 19.5 Å². The van der Waals surface area contributed by atoms with Crippen molar-refractivity contribution in [1.29, 1.82) is 0 Å². The van der Waals surface area contributed by atoms with E-state index in [1.165, 1.54) is 7.11 Å². The van der Waals surface area contributed by atoms with Crippen LogP contribution in [0.1, 0.15) is 33.9 Å². The molecule has 0 bridgehead atoms. The number of carboxylic acids is 1. The Hall–Kier alpha value is -4.86. The summed E-state index contributed by atoms with van der Waals surface area (Å²) in [5.74, 6) is -1.30. The zero-order chi connectivity index (χ0) is 28.1. The zero-order valence-corrected chi connectivity index (χ0v) is 22.3. The number of hydrogen-bond acceptors (Lipinski definition) is 7. The summed E-state index contributed by atoms with van der Waals surface area (Å²) in [6, 6.07) is 17.7. The Morgan fingerprint density at radius 3 is 2.36 bits per heavy atom. The molecule has 2 heterocycles. The monoisotopic (exact) mass is 529 g/mol. The summed E-state index contributed by atoms with van der Waals surface area (Å²) in [5, 5.41) is 15.4. The van der Waals surface area contributed by atoms with Crippen molar-refractivity contribution < 1.29 is 24.2 Å². The lowest BCUT2D eigenvalue weighted by atomic mass is 10.0. The van der Waals surface area contributed by atoms with Gasteiger partial charge < -0.3 is 25.4 Å². The van der Waals surface area contributed by atoms with E-state index in [1.54, 1.807) is 22.7 Å². The average Bonchev–Trinajstić information content (AvgIpc) is 3.29. The first-order valence-corrected chi connectivity index (χ1v) is 12.4. The Kier molecular flexibility index (Phi) is 8.14. The van der Waals surface area contributed by atoms with Crippen LogP contribution < -0.4 is 15.5 Å². The van der Waals surface area contributed by atoms with Gasteiger partial charge in [0.15, 0.2) is 0 Å². The van der Waals surface area contributed by atoms with Gasteiger partial charge in [0.25, 0.3) is 5.91 Å². The normalized spacial score (nSPS) is 11.6. The van der Waals surface area contributed by atoms with E-state index in [0.717, 1.165) is 16.8 Å². The quantitative estimate of drug-likeness (QED) is 0.264. The van der Waals surface area contributed by atoms with Crippen LogP contribution in [0.5, 0.6) is 0 Å². The minimum atomic E-state index is -1.02. The number of aryl methyl sites for hydroxylation is 1. The van der Waals surface area contributed by atoms with Gasteiger partial charge in [-0.05, 0) is 36.8 Å². The molecule has 39 heavy (non-hydrogen) atoms. The highest BCUT2D eigenvalue weighted by Crippen LogP contribution is 2.30. The Morgan fingerprint density at radius 1 is 1.05 bits per heavy atom. The number of benzene rings is 2. The van der Waals surface area contributed by atoms with E-state index in [4.69, 9.17) is 9.72 Å². The molecule has 202 valence electrons. The maximum Gasteiger partial charge on any atom is 0.325 e. The molecule has 4 rings (SSSR count). The lowest BCUT2D eigenvalue weighted by Crippen LogP contribution is -2.30. The minimum Gasteiger partial charge on any atom is -0.481 e. The number of imidazole rings is 1. The predicted octanol–water partition coefficient (Wildman–Crippen LogP) is 3.91. The average molecular weight is 530 g/mol. The molecule has 10 nitrogen and oxygen atoms in total. The number of fused-ring (bicyclic) bond motifs is 1. The number of nitrogens with one attached hydrogen (secondary N) is 2. The first-order chi connectivity index (χ1) is 18.7. The molecule has 4 aromatic rings. The van der Waals surface area contributed by atoms with Crippen molar-refractivity contribution in [1.82, 2.24) is 14.7 Å². The molecule has 1 amide bonds. The van der Waals surface area contributed by atoms with Gasteiger partial charge in [-0.25, -0.2) is 4.98 Å². The third kappa shape index (κ3) is 6.35. The second-order valence-corrected chi connectivity index (χ2v) is 9.36. The van der Waals surface area contributed by atoms with Crippen molar-refractivity contribution in [3.05, 3.63) is 83.6 Å². The highest BCUT2D eigenvalue weighted by Gasteiger charge is 2.21. The van der Waals surface area contributed by atoms with Crippen LogP contribution in [0, 0.1) is 6.92 Å². The lowest BCUT2D eigenvalue weighted by molar-refractivity contribution is -0.139. The maximum atomic E-state index is 13.2. The fourth-order valence-corrected chi connectivity index (χ4v) is 4.17. The molecule has 2 aromatic heterocycles. The molecule has 3 N–H and O–H groups in total. The first-order valence-electron chi connectivity index (χ1n) is 12.4. The summed E-state index contributed by atoms with van der Waals surface area (Å²) in [6.45, 7) is 1.87. The van der Waals surface area contributed by atoms with Crippen LogP contribution in [0.25, 0.3) is 16.9 Å². The molecular formula is C29H31N5O5. The lowest BCUT2D eigenvalue weighted by Gasteiger charge is -2.18.